The summed E-state index contributed by atoms with van der Waals surface area (Å²) in [6.07, 6.45) is 0. The first-order valence-corrected chi connectivity index (χ1v) is 6.93. The maximum atomic E-state index is 5.86. The maximum Gasteiger partial charge on any atom is 0.0744 e. The molecule has 0 aliphatic heterocycles. The van der Waals surface area contributed by atoms with Gasteiger partial charge in [-0.1, -0.05) is 18.2 Å². The number of para-hydroxylation sites is 1. The molecule has 0 amide bonds. The van der Waals surface area contributed by atoms with Crippen molar-refractivity contribution in [3.63, 3.8) is 0 Å². The second kappa shape index (κ2) is 5.05. The van der Waals surface area contributed by atoms with Gasteiger partial charge in [-0.3, -0.25) is 4.98 Å². The fraction of sp³-hybridized carbons (Fsp3) is 0.176. The lowest BCUT2D eigenvalue weighted by molar-refractivity contribution is 0.834. The molecule has 0 bridgehead atoms. The van der Waals surface area contributed by atoms with Crippen molar-refractivity contribution in [1.29, 1.82) is 0 Å². The van der Waals surface area contributed by atoms with Gasteiger partial charge in [0.1, 0.15) is 0 Å². The van der Waals surface area contributed by atoms with Crippen LogP contribution in [0.4, 0.5) is 5.69 Å². The number of nitrogens with two attached hydrogens (primary N) is 1. The first-order chi connectivity index (χ1) is 10.1. The smallest absolute Gasteiger partial charge is 0.0744 e. The third-order valence-corrected chi connectivity index (χ3v) is 3.67. The van der Waals surface area contributed by atoms with Crippen LogP contribution in [0.25, 0.3) is 16.9 Å². The molecular formula is C17H18N4. The molecule has 3 aromatic rings. The molecule has 0 saturated heterocycles. The van der Waals surface area contributed by atoms with Crippen molar-refractivity contribution in [2.45, 2.75) is 20.8 Å². The summed E-state index contributed by atoms with van der Waals surface area (Å²) in [5.74, 6) is 0. The van der Waals surface area contributed by atoms with Gasteiger partial charge in [-0.2, -0.15) is 5.10 Å². The van der Waals surface area contributed by atoms with E-state index in [2.05, 4.69) is 17.0 Å². The molecule has 0 radical (unpaired) electrons. The molecule has 2 N–H and O–H groups in total. The van der Waals surface area contributed by atoms with Crippen molar-refractivity contribution in [2.75, 3.05) is 5.73 Å². The molecule has 0 spiro atoms. The lowest BCUT2D eigenvalue weighted by Gasteiger charge is -2.06. The number of aryl methyl sites for hydroxylation is 2. The minimum atomic E-state index is 0.713. The number of rotatable bonds is 2. The maximum absolute atomic E-state index is 5.86. The second-order valence-corrected chi connectivity index (χ2v) is 5.16. The summed E-state index contributed by atoms with van der Waals surface area (Å²) in [6.45, 7) is 6.00. The van der Waals surface area contributed by atoms with Gasteiger partial charge in [-0.15, -0.1) is 0 Å². The summed E-state index contributed by atoms with van der Waals surface area (Å²) in [5.41, 5.74) is 12.5. The quantitative estimate of drug-likeness (QED) is 0.781. The van der Waals surface area contributed by atoms with Crippen molar-refractivity contribution in [3.05, 3.63) is 59.5 Å². The highest BCUT2D eigenvalue weighted by Crippen LogP contribution is 2.28. The number of nitrogens with zero attached hydrogens (tertiary/aromatic N) is 3. The van der Waals surface area contributed by atoms with E-state index in [-0.39, 0.29) is 0 Å². The summed E-state index contributed by atoms with van der Waals surface area (Å²) in [6, 6.07) is 14.0. The Kier molecular flexibility index (Phi) is 3.22. The largest absolute Gasteiger partial charge is 0.397 e. The van der Waals surface area contributed by atoms with E-state index in [9.17, 15) is 0 Å². The van der Waals surface area contributed by atoms with Gasteiger partial charge in [0.25, 0.3) is 0 Å². The minimum Gasteiger partial charge on any atom is -0.397 e. The summed E-state index contributed by atoms with van der Waals surface area (Å²) in [5, 5.41) is 4.65. The molecule has 0 unspecified atom stereocenters. The topological polar surface area (TPSA) is 56.7 Å². The highest BCUT2D eigenvalue weighted by molar-refractivity contribution is 5.67. The fourth-order valence-corrected chi connectivity index (χ4v) is 2.55. The molecule has 0 atom stereocenters. The standard InChI is InChI=1S/C17H18N4/c1-11-15(18)9-10-16(19-11)17-12(2)20-21(13(17)3)14-7-5-4-6-8-14/h4-10H,18H2,1-3H3. The summed E-state index contributed by atoms with van der Waals surface area (Å²) in [7, 11) is 0. The fourth-order valence-electron chi connectivity index (χ4n) is 2.55. The molecule has 2 heterocycles. The van der Waals surface area contributed by atoms with Crippen LogP contribution < -0.4 is 5.73 Å². The SMILES string of the molecule is Cc1nc(-c2c(C)nn(-c3ccccc3)c2C)ccc1N. The second-order valence-electron chi connectivity index (χ2n) is 5.16. The first-order valence-electron chi connectivity index (χ1n) is 6.93. The van der Waals surface area contributed by atoms with Gasteiger partial charge >= 0.3 is 0 Å². The molecule has 21 heavy (non-hydrogen) atoms. The average molecular weight is 278 g/mol. The van der Waals surface area contributed by atoms with Crippen LogP contribution in [0.1, 0.15) is 17.1 Å². The Labute approximate surface area is 124 Å². The highest BCUT2D eigenvalue weighted by Gasteiger charge is 2.15. The number of anilines is 1. The molecule has 0 aliphatic carbocycles. The molecule has 4 nitrogen and oxygen atoms in total. The zero-order valence-corrected chi connectivity index (χ0v) is 12.5. The lowest BCUT2D eigenvalue weighted by Crippen LogP contribution is -1.99. The lowest BCUT2D eigenvalue weighted by atomic mass is 10.1. The molecule has 1 aromatic carbocycles. The minimum absolute atomic E-state index is 0.713. The number of aromatic nitrogens is 3. The van der Waals surface area contributed by atoms with Crippen molar-refractivity contribution in [3.8, 4) is 16.9 Å². The van der Waals surface area contributed by atoms with E-state index in [1.165, 1.54) is 0 Å². The van der Waals surface area contributed by atoms with Gasteiger partial charge in [-0.25, -0.2) is 4.68 Å². The molecule has 0 saturated carbocycles. The molecule has 3 rings (SSSR count). The Morgan fingerprint density at radius 1 is 0.905 bits per heavy atom. The average Bonchev–Trinajstić information content (AvgIpc) is 2.78. The first kappa shape index (κ1) is 13.4. The van der Waals surface area contributed by atoms with Crippen LogP contribution in [0.5, 0.6) is 0 Å². The number of pyridine rings is 1. The molecule has 106 valence electrons. The van der Waals surface area contributed by atoms with Crippen LogP contribution in [0.15, 0.2) is 42.5 Å². The summed E-state index contributed by atoms with van der Waals surface area (Å²) in [4.78, 5) is 4.59. The zero-order valence-electron chi connectivity index (χ0n) is 12.5. The molecule has 0 aliphatic rings. The van der Waals surface area contributed by atoms with E-state index in [4.69, 9.17) is 5.73 Å². The number of hydrogen-bond donors (Lipinski definition) is 1. The van der Waals surface area contributed by atoms with Crippen LogP contribution >= 0.6 is 0 Å². The number of benzene rings is 1. The summed E-state index contributed by atoms with van der Waals surface area (Å²) < 4.78 is 1.96. The van der Waals surface area contributed by atoms with Crippen molar-refractivity contribution in [2.24, 2.45) is 0 Å². The Bertz CT molecular complexity index is 788. The Morgan fingerprint density at radius 3 is 2.29 bits per heavy atom. The van der Waals surface area contributed by atoms with E-state index in [0.717, 1.165) is 34.0 Å². The summed E-state index contributed by atoms with van der Waals surface area (Å²) >= 11 is 0. The van der Waals surface area contributed by atoms with Crippen molar-refractivity contribution >= 4 is 5.69 Å². The van der Waals surface area contributed by atoms with Crippen LogP contribution in [-0.4, -0.2) is 14.8 Å². The Balaban J connectivity index is 2.16. The normalized spacial score (nSPS) is 10.8. The van der Waals surface area contributed by atoms with E-state index in [1.54, 1.807) is 0 Å². The molecule has 4 heteroatoms. The van der Waals surface area contributed by atoms with Gasteiger partial charge in [0.2, 0.25) is 0 Å². The van der Waals surface area contributed by atoms with Gasteiger partial charge in [0.05, 0.1) is 34.2 Å². The predicted octanol–water partition coefficient (Wildman–Crippen LogP) is 3.44. The van der Waals surface area contributed by atoms with E-state index < -0.39 is 0 Å². The molecule has 2 aromatic heterocycles. The van der Waals surface area contributed by atoms with Crippen LogP contribution in [-0.2, 0) is 0 Å². The van der Waals surface area contributed by atoms with E-state index in [0.29, 0.717) is 5.69 Å². The third-order valence-electron chi connectivity index (χ3n) is 3.67. The van der Waals surface area contributed by atoms with Crippen molar-refractivity contribution in [1.82, 2.24) is 14.8 Å². The Hall–Kier alpha value is -2.62. The third kappa shape index (κ3) is 2.29. The molecular weight excluding hydrogens is 260 g/mol. The van der Waals surface area contributed by atoms with Crippen LogP contribution in [0, 0.1) is 20.8 Å². The predicted molar refractivity (Wildman–Crippen MR) is 85.4 cm³/mol. The van der Waals surface area contributed by atoms with Gasteiger partial charge in [0, 0.05) is 5.56 Å². The van der Waals surface area contributed by atoms with E-state index >= 15 is 0 Å². The monoisotopic (exact) mass is 278 g/mol. The zero-order chi connectivity index (χ0) is 15.0. The number of hydrogen-bond acceptors (Lipinski definition) is 3. The van der Waals surface area contributed by atoms with Crippen LogP contribution in [0.3, 0.4) is 0 Å². The van der Waals surface area contributed by atoms with Gasteiger partial charge < -0.3 is 5.73 Å². The van der Waals surface area contributed by atoms with Gasteiger partial charge in [0.15, 0.2) is 0 Å². The Morgan fingerprint density at radius 2 is 1.62 bits per heavy atom. The van der Waals surface area contributed by atoms with Crippen molar-refractivity contribution < 1.29 is 0 Å². The highest BCUT2D eigenvalue weighted by atomic mass is 15.3. The van der Waals surface area contributed by atoms with E-state index in [1.807, 2.05) is 61.0 Å². The number of nitrogen functional groups attached to an aromatic ring is 1. The van der Waals surface area contributed by atoms with Gasteiger partial charge in [-0.05, 0) is 45.0 Å². The molecule has 0 fully saturated rings. The van der Waals surface area contributed by atoms with Crippen LogP contribution in [0.2, 0.25) is 0 Å².